The van der Waals surface area contributed by atoms with Gasteiger partial charge in [0.2, 0.25) is 0 Å². The first-order valence-corrected chi connectivity index (χ1v) is 10.2. The summed E-state index contributed by atoms with van der Waals surface area (Å²) in [5.74, 6) is 2.68. The molecule has 6 rings (SSSR count). The van der Waals surface area contributed by atoms with Crippen LogP contribution in [0.15, 0.2) is 71.7 Å². The molecule has 146 valence electrons. The van der Waals surface area contributed by atoms with Crippen LogP contribution in [0.2, 0.25) is 0 Å². The summed E-state index contributed by atoms with van der Waals surface area (Å²) in [7, 11) is 0. The van der Waals surface area contributed by atoms with Gasteiger partial charge in [-0.3, -0.25) is 4.99 Å². The highest BCUT2D eigenvalue weighted by molar-refractivity contribution is 6.01. The highest BCUT2D eigenvalue weighted by Crippen LogP contribution is 2.26. The Morgan fingerprint density at radius 2 is 1.33 bits per heavy atom. The number of aromatic nitrogens is 4. The van der Waals surface area contributed by atoms with Crippen molar-refractivity contribution in [2.75, 3.05) is 13.1 Å². The van der Waals surface area contributed by atoms with Gasteiger partial charge in [-0.15, -0.1) is 0 Å². The molecule has 0 unspecified atom stereocenters. The lowest BCUT2D eigenvalue weighted by molar-refractivity contribution is 0.742. The second-order valence-corrected chi connectivity index (χ2v) is 7.51. The third kappa shape index (κ3) is 2.93. The molecule has 0 spiro atoms. The predicted molar refractivity (Wildman–Crippen MR) is 121 cm³/mol. The lowest BCUT2D eigenvalue weighted by Gasteiger charge is -2.14. The van der Waals surface area contributed by atoms with E-state index in [4.69, 9.17) is 9.97 Å². The third-order valence-electron chi connectivity index (χ3n) is 5.46. The lowest BCUT2D eigenvalue weighted by atomic mass is 10.1. The first kappa shape index (κ1) is 17.0. The molecule has 0 saturated heterocycles. The number of hydrogen-bond donors (Lipinski definition) is 3. The number of nitrogens with zero attached hydrogens (tertiary/aromatic N) is 3. The molecule has 3 heterocycles. The van der Waals surface area contributed by atoms with Crippen molar-refractivity contribution in [2.45, 2.75) is 6.42 Å². The van der Waals surface area contributed by atoms with Gasteiger partial charge in [-0.05, 0) is 42.8 Å². The van der Waals surface area contributed by atoms with Gasteiger partial charge in [0.1, 0.15) is 17.5 Å². The zero-order chi connectivity index (χ0) is 19.9. The second kappa shape index (κ2) is 6.84. The predicted octanol–water partition coefficient (Wildman–Crippen LogP) is 4.51. The Kier molecular flexibility index (Phi) is 3.87. The van der Waals surface area contributed by atoms with Crippen LogP contribution in [0, 0.1) is 0 Å². The molecule has 0 aliphatic carbocycles. The molecule has 6 nitrogen and oxygen atoms in total. The summed E-state index contributed by atoms with van der Waals surface area (Å²) in [6.45, 7) is 1.85. The maximum atomic E-state index is 4.79. The number of imidazole rings is 2. The van der Waals surface area contributed by atoms with E-state index in [0.717, 1.165) is 75.8 Å². The molecule has 0 amide bonds. The molecule has 30 heavy (non-hydrogen) atoms. The Hall–Kier alpha value is -3.93. The molecule has 0 radical (unpaired) electrons. The van der Waals surface area contributed by atoms with Crippen molar-refractivity contribution < 1.29 is 0 Å². The van der Waals surface area contributed by atoms with Crippen molar-refractivity contribution in [3.63, 3.8) is 0 Å². The van der Waals surface area contributed by atoms with Gasteiger partial charge in [-0.25, -0.2) is 9.97 Å². The van der Waals surface area contributed by atoms with Crippen LogP contribution < -0.4 is 5.32 Å². The number of hydrogen-bond acceptors (Lipinski definition) is 4. The molecule has 2 aromatic heterocycles. The Balaban J connectivity index is 1.38. The molecule has 0 fully saturated rings. The third-order valence-corrected chi connectivity index (χ3v) is 5.46. The SMILES string of the molecule is c1ccc(-c2nc3ccc(-c4nc5ccc(C6=NCCCN6)cc5[nH]4)cc3[nH]2)cc1. The van der Waals surface area contributed by atoms with Gasteiger partial charge in [0, 0.05) is 29.8 Å². The van der Waals surface area contributed by atoms with Crippen molar-refractivity contribution in [2.24, 2.45) is 4.99 Å². The summed E-state index contributed by atoms with van der Waals surface area (Å²) in [6, 6.07) is 22.6. The van der Waals surface area contributed by atoms with E-state index in [1.165, 1.54) is 0 Å². The van der Waals surface area contributed by atoms with E-state index in [0.29, 0.717) is 0 Å². The minimum absolute atomic E-state index is 0.846. The van der Waals surface area contributed by atoms with Crippen LogP contribution in [-0.2, 0) is 0 Å². The largest absolute Gasteiger partial charge is 0.370 e. The second-order valence-electron chi connectivity index (χ2n) is 7.51. The Morgan fingerprint density at radius 3 is 2.03 bits per heavy atom. The van der Waals surface area contributed by atoms with E-state index in [2.05, 4.69) is 56.7 Å². The van der Waals surface area contributed by atoms with Crippen molar-refractivity contribution in [3.05, 3.63) is 72.3 Å². The summed E-state index contributed by atoms with van der Waals surface area (Å²) in [4.78, 5) is 21.0. The molecule has 3 N–H and O–H groups in total. The fourth-order valence-electron chi connectivity index (χ4n) is 3.91. The van der Waals surface area contributed by atoms with Crippen LogP contribution in [0.1, 0.15) is 12.0 Å². The summed E-state index contributed by atoms with van der Waals surface area (Å²) in [5.41, 5.74) is 7.08. The normalized spacial score (nSPS) is 14.1. The molecule has 3 aromatic carbocycles. The standard InChI is InChI=1S/C24H20N6/c1-2-5-15(6-3-1)23-27-18-10-8-17(14-21(18)29-23)24-28-19-9-7-16(13-20(19)30-24)22-25-11-4-12-26-22/h1-3,5-10,13-14H,4,11-12H2,(H,25,26)(H,27,29)(H,28,30). The van der Waals surface area contributed by atoms with Crippen molar-refractivity contribution >= 4 is 27.9 Å². The number of rotatable bonds is 3. The van der Waals surface area contributed by atoms with E-state index < -0.39 is 0 Å². The smallest absolute Gasteiger partial charge is 0.138 e. The van der Waals surface area contributed by atoms with Gasteiger partial charge < -0.3 is 15.3 Å². The van der Waals surface area contributed by atoms with Gasteiger partial charge in [-0.1, -0.05) is 30.3 Å². The van der Waals surface area contributed by atoms with Crippen LogP contribution in [0.25, 0.3) is 44.8 Å². The molecule has 1 aliphatic rings. The highest BCUT2D eigenvalue weighted by Gasteiger charge is 2.12. The van der Waals surface area contributed by atoms with Gasteiger partial charge >= 0.3 is 0 Å². The van der Waals surface area contributed by atoms with Gasteiger partial charge in [0.05, 0.1) is 22.1 Å². The number of nitrogens with one attached hydrogen (secondary N) is 3. The van der Waals surface area contributed by atoms with Gasteiger partial charge in [-0.2, -0.15) is 0 Å². The van der Waals surface area contributed by atoms with Crippen LogP contribution >= 0.6 is 0 Å². The topological polar surface area (TPSA) is 81.8 Å². The minimum Gasteiger partial charge on any atom is -0.370 e. The molecular weight excluding hydrogens is 372 g/mol. The first-order valence-electron chi connectivity index (χ1n) is 10.2. The number of aliphatic imine (C=N–C) groups is 1. The molecule has 0 saturated carbocycles. The Labute approximate surface area is 173 Å². The van der Waals surface area contributed by atoms with Crippen LogP contribution in [0.5, 0.6) is 0 Å². The maximum absolute atomic E-state index is 4.79. The number of benzene rings is 3. The summed E-state index contributed by atoms with van der Waals surface area (Å²) < 4.78 is 0. The number of amidine groups is 1. The molecule has 1 aliphatic heterocycles. The summed E-state index contributed by atoms with van der Waals surface area (Å²) in [5, 5.41) is 3.38. The highest BCUT2D eigenvalue weighted by atomic mass is 15.0. The van der Waals surface area contributed by atoms with Crippen molar-refractivity contribution in [1.82, 2.24) is 25.3 Å². The first-order chi connectivity index (χ1) is 14.8. The van der Waals surface area contributed by atoms with E-state index >= 15 is 0 Å². The molecule has 0 bridgehead atoms. The van der Waals surface area contributed by atoms with Crippen molar-refractivity contribution in [1.29, 1.82) is 0 Å². The number of H-pyrrole nitrogens is 2. The summed E-state index contributed by atoms with van der Waals surface area (Å²) >= 11 is 0. The molecule has 5 aromatic rings. The van der Waals surface area contributed by atoms with E-state index in [9.17, 15) is 0 Å². The minimum atomic E-state index is 0.846. The van der Waals surface area contributed by atoms with Crippen LogP contribution in [0.3, 0.4) is 0 Å². The fraction of sp³-hybridized carbons (Fsp3) is 0.125. The fourth-order valence-corrected chi connectivity index (χ4v) is 3.91. The molecular formula is C24H20N6. The van der Waals surface area contributed by atoms with Gasteiger partial charge in [0.15, 0.2) is 0 Å². The molecule has 6 heteroatoms. The van der Waals surface area contributed by atoms with Gasteiger partial charge in [0.25, 0.3) is 0 Å². The maximum Gasteiger partial charge on any atom is 0.138 e. The van der Waals surface area contributed by atoms with Crippen LogP contribution in [-0.4, -0.2) is 38.9 Å². The monoisotopic (exact) mass is 392 g/mol. The van der Waals surface area contributed by atoms with Crippen LogP contribution in [0.4, 0.5) is 0 Å². The molecule has 0 atom stereocenters. The van der Waals surface area contributed by atoms with E-state index in [-0.39, 0.29) is 0 Å². The lowest BCUT2D eigenvalue weighted by Crippen LogP contribution is -2.30. The zero-order valence-electron chi connectivity index (χ0n) is 16.3. The number of fused-ring (bicyclic) bond motifs is 2. The van der Waals surface area contributed by atoms with E-state index in [1.807, 2.05) is 30.3 Å². The quantitative estimate of drug-likeness (QED) is 0.422. The van der Waals surface area contributed by atoms with E-state index in [1.54, 1.807) is 0 Å². The Morgan fingerprint density at radius 1 is 0.667 bits per heavy atom. The summed E-state index contributed by atoms with van der Waals surface area (Å²) in [6.07, 6.45) is 1.09. The Bertz CT molecular complexity index is 1390. The number of aromatic amines is 2. The average Bonchev–Trinajstić information content (AvgIpc) is 3.43. The van der Waals surface area contributed by atoms with Crippen molar-refractivity contribution in [3.8, 4) is 22.8 Å². The average molecular weight is 392 g/mol. The zero-order valence-corrected chi connectivity index (χ0v) is 16.3.